The van der Waals surface area contributed by atoms with Gasteiger partial charge in [-0.05, 0) is 0 Å². The Kier molecular flexibility index (Phi) is 7.22. The van der Waals surface area contributed by atoms with E-state index >= 15 is 0 Å². The molecular weight excluding hydrogens is 493 g/mol. The van der Waals surface area contributed by atoms with Crippen LogP contribution in [0.3, 0.4) is 0 Å². The molecule has 0 amide bonds. The van der Waals surface area contributed by atoms with Crippen molar-refractivity contribution in [2.45, 2.75) is 12.2 Å². The molecule has 0 saturated heterocycles. The molecule has 2 heterocycles. The molecule has 0 saturated carbocycles. The van der Waals surface area contributed by atoms with Crippen molar-refractivity contribution in [1.29, 1.82) is 0 Å². The Bertz CT molecular complexity index is 1160. The molecule has 3 N–H and O–H groups in total. The number of phosphoric ester groups is 1. The maximum absolute atomic E-state index is 12.2. The highest BCUT2D eigenvalue weighted by molar-refractivity contribution is 7.65. The first-order valence-corrected chi connectivity index (χ1v) is 12.1. The van der Waals surface area contributed by atoms with E-state index in [1.54, 1.807) is 0 Å². The van der Waals surface area contributed by atoms with Crippen molar-refractivity contribution in [3.05, 3.63) is 44.1 Å². The first-order valence-electron chi connectivity index (χ1n) is 7.70. The van der Waals surface area contributed by atoms with E-state index in [9.17, 15) is 48.2 Å². The minimum absolute atomic E-state index is 0.299. The molecule has 0 bridgehead atoms. The zero-order chi connectivity index (χ0) is 23.9. The second-order valence-corrected chi connectivity index (χ2v) is 10.2. The minimum Gasteiger partial charge on any atom is -0.756 e. The van der Waals surface area contributed by atoms with Gasteiger partial charge in [0.25, 0.3) is 29.0 Å². The molecule has 0 aliphatic carbocycles. The number of rotatable bonds is 8. The minimum atomic E-state index is -6.13. The quantitative estimate of drug-likeness (QED) is 0.292. The number of aromatic nitrogens is 2. The van der Waals surface area contributed by atoms with Crippen LogP contribution in [-0.4, -0.2) is 37.0 Å². The Hall–Kier alpha value is -1.61. The number of ether oxygens (including phenoxy) is 1. The number of phosphoric acid groups is 3. The van der Waals surface area contributed by atoms with Crippen LogP contribution >= 0.6 is 23.5 Å². The van der Waals surface area contributed by atoms with Crippen LogP contribution in [0.15, 0.2) is 27.3 Å². The van der Waals surface area contributed by atoms with Crippen LogP contribution < -0.4 is 25.9 Å². The fourth-order valence-corrected chi connectivity index (χ4v) is 5.23. The second kappa shape index (κ2) is 8.73. The summed E-state index contributed by atoms with van der Waals surface area (Å²) in [6, 6.07) is 0. The summed E-state index contributed by atoms with van der Waals surface area (Å²) in [5, 5.41) is 20.0. The number of aliphatic hydroxyl groups excluding tert-OH is 2. The summed E-state index contributed by atoms with van der Waals surface area (Å²) in [6.07, 6.45) is -2.48. The second-order valence-electron chi connectivity index (χ2n) is 5.93. The summed E-state index contributed by atoms with van der Waals surface area (Å²) in [5.74, 6) is -1.74. The summed E-state index contributed by atoms with van der Waals surface area (Å²) in [7, 11) is -15.5. The zero-order valence-electron chi connectivity index (χ0n) is 15.4. The van der Waals surface area contributed by atoms with E-state index in [2.05, 4.69) is 13.1 Å². The lowest BCUT2D eigenvalue weighted by Crippen LogP contribution is -2.40. The normalized spacial score (nSPS) is 24.9. The highest BCUT2D eigenvalue weighted by Crippen LogP contribution is 2.61. The molecule has 17 nitrogen and oxygen atoms in total. The van der Waals surface area contributed by atoms with E-state index in [0.29, 0.717) is 4.57 Å². The maximum Gasteiger partial charge on any atom is 0.330 e. The summed E-state index contributed by atoms with van der Waals surface area (Å²) in [5.41, 5.74) is -1.90. The summed E-state index contributed by atoms with van der Waals surface area (Å²) >= 11 is 0. The van der Waals surface area contributed by atoms with Crippen molar-refractivity contribution >= 4 is 23.5 Å². The molecule has 1 aromatic heterocycles. The van der Waals surface area contributed by atoms with Crippen molar-refractivity contribution in [1.82, 2.24) is 9.13 Å². The molecule has 1 aliphatic rings. The van der Waals surface area contributed by atoms with Gasteiger partial charge in [-0.25, -0.2) is 13.4 Å². The van der Waals surface area contributed by atoms with Crippen molar-refractivity contribution in [2.24, 2.45) is 14.1 Å². The van der Waals surface area contributed by atoms with E-state index in [0.717, 1.165) is 17.8 Å². The van der Waals surface area contributed by atoms with E-state index in [-0.39, 0.29) is 5.56 Å². The van der Waals surface area contributed by atoms with Gasteiger partial charge < -0.3 is 43.6 Å². The summed E-state index contributed by atoms with van der Waals surface area (Å²) < 4.78 is 50.4. The van der Waals surface area contributed by atoms with E-state index < -0.39 is 65.1 Å². The highest BCUT2D eigenvalue weighted by atomic mass is 31.3. The average Bonchev–Trinajstić information content (AvgIpc) is 2.86. The van der Waals surface area contributed by atoms with Crippen molar-refractivity contribution in [2.75, 3.05) is 6.61 Å². The van der Waals surface area contributed by atoms with Crippen molar-refractivity contribution in [3.8, 4) is 0 Å². The predicted octanol–water partition coefficient (Wildman–Crippen LogP) is -3.27. The first kappa shape index (κ1) is 25.6. The van der Waals surface area contributed by atoms with Gasteiger partial charge in [0, 0.05) is 20.3 Å². The Balaban J connectivity index is 2.17. The molecule has 1 aliphatic heterocycles. The first-order chi connectivity index (χ1) is 13.9. The van der Waals surface area contributed by atoms with E-state index in [1.165, 1.54) is 7.05 Å². The van der Waals surface area contributed by atoms with Gasteiger partial charge in [0.05, 0.1) is 5.56 Å². The fraction of sp³-hybridized carbons (Fsp3) is 0.455. The third kappa shape index (κ3) is 6.22. The molecule has 1 aromatic rings. The lowest BCUT2D eigenvalue weighted by molar-refractivity contribution is -0.249. The van der Waals surface area contributed by atoms with Gasteiger partial charge in [0.2, 0.25) is 0 Å². The topological polar surface area (TPSA) is 262 Å². The van der Waals surface area contributed by atoms with Crippen molar-refractivity contribution in [3.63, 3.8) is 0 Å². The monoisotopic (exact) mass is 507 g/mol. The van der Waals surface area contributed by atoms with E-state index in [4.69, 9.17) is 9.63 Å². The standard InChI is InChI=1S/C11H17N2O15P3/c1-12-3-5(10(16)13(2)11(12)17)9-8(15)7(14)6(26-9)4-25-30(21,22)28-31(23,24)27-29(18,19)20/h3,8-9,14-15H,4H2,1-2H3,(H,21,22)(H,23,24)(H2,18,19,20)/p-3/t8?,9-/m0/s1. The Morgan fingerprint density at radius 3 is 2.26 bits per heavy atom. The van der Waals surface area contributed by atoms with Crippen LogP contribution in [0.4, 0.5) is 0 Å². The lowest BCUT2D eigenvalue weighted by atomic mass is 10.1. The van der Waals surface area contributed by atoms with Crippen LogP contribution in [0.2, 0.25) is 0 Å². The number of aliphatic hydroxyl groups is 2. The molecule has 31 heavy (non-hydrogen) atoms. The van der Waals surface area contributed by atoms with Crippen molar-refractivity contribution < 1.29 is 61.4 Å². The molecule has 2 rings (SSSR count). The molecule has 20 heteroatoms. The van der Waals surface area contributed by atoms with Gasteiger partial charge in [-0.2, -0.15) is 0 Å². The smallest absolute Gasteiger partial charge is 0.330 e. The van der Waals surface area contributed by atoms with Crippen LogP contribution in [0.25, 0.3) is 0 Å². The largest absolute Gasteiger partial charge is 0.756 e. The Morgan fingerprint density at radius 2 is 1.71 bits per heavy atom. The van der Waals surface area contributed by atoms with Gasteiger partial charge in [0.15, 0.2) is 23.7 Å². The SMILES string of the molecule is Cn1cc([C@@H]2OC(COP(=O)([O-])OP(=O)([O-])OP(=O)([O-])O)=C(O)C2O)c(=O)n(C)c1=O. The van der Waals surface area contributed by atoms with Gasteiger partial charge in [-0.1, -0.05) is 0 Å². The highest BCUT2D eigenvalue weighted by Gasteiger charge is 2.39. The molecular formula is C11H14N2O15P3-3. The van der Waals surface area contributed by atoms with E-state index in [1.807, 2.05) is 0 Å². The van der Waals surface area contributed by atoms with Crippen LogP contribution in [0.5, 0.6) is 0 Å². The molecule has 0 radical (unpaired) electrons. The molecule has 0 fully saturated rings. The lowest BCUT2D eigenvalue weighted by Gasteiger charge is -2.32. The zero-order valence-corrected chi connectivity index (χ0v) is 18.1. The molecule has 176 valence electrons. The Labute approximate surface area is 171 Å². The molecule has 4 unspecified atom stereocenters. The van der Waals surface area contributed by atoms with Gasteiger partial charge in [0.1, 0.15) is 6.61 Å². The van der Waals surface area contributed by atoms with Crippen LogP contribution in [0, 0.1) is 0 Å². The van der Waals surface area contributed by atoms with Gasteiger partial charge >= 0.3 is 5.69 Å². The molecule has 0 spiro atoms. The average molecular weight is 507 g/mol. The third-order valence-corrected chi connectivity index (χ3v) is 7.33. The molecule has 0 aromatic carbocycles. The van der Waals surface area contributed by atoms with Crippen LogP contribution in [-0.2, 0) is 45.7 Å². The van der Waals surface area contributed by atoms with Gasteiger partial charge in [-0.15, -0.1) is 0 Å². The molecule has 5 atom stereocenters. The third-order valence-electron chi connectivity index (χ3n) is 3.66. The van der Waals surface area contributed by atoms with Crippen LogP contribution in [0.1, 0.15) is 11.7 Å². The Morgan fingerprint density at radius 1 is 1.13 bits per heavy atom. The number of aryl methyl sites for hydroxylation is 1. The van der Waals surface area contributed by atoms with Gasteiger partial charge in [-0.3, -0.25) is 23.1 Å². The summed E-state index contributed by atoms with van der Waals surface area (Å²) in [4.78, 5) is 65.3. The summed E-state index contributed by atoms with van der Waals surface area (Å²) in [6.45, 7) is -1.26. The number of hydrogen-bond acceptors (Lipinski definition) is 14. The number of hydrogen-bond donors (Lipinski definition) is 3. The fourth-order valence-electron chi connectivity index (χ4n) is 2.38. The number of nitrogens with zero attached hydrogens (tertiary/aromatic N) is 2. The maximum atomic E-state index is 12.2. The predicted molar refractivity (Wildman–Crippen MR) is 89.6 cm³/mol.